The maximum atomic E-state index is 13.9. The molecule has 1 amide bonds. The molecule has 10 nitrogen and oxygen atoms in total. The van der Waals surface area contributed by atoms with Gasteiger partial charge in [0.15, 0.2) is 5.82 Å². The molecule has 41 heavy (non-hydrogen) atoms. The Labute approximate surface area is 239 Å². The number of allylic oxidation sites excluding steroid dienone is 2. The van der Waals surface area contributed by atoms with Crippen molar-refractivity contribution in [2.75, 3.05) is 36.5 Å². The summed E-state index contributed by atoms with van der Waals surface area (Å²) in [6.07, 6.45) is 7.84. The van der Waals surface area contributed by atoms with E-state index in [1.165, 1.54) is 4.57 Å². The Hall–Kier alpha value is -4.15. The molecular weight excluding hydrogens is 520 g/mol. The smallest absolute Gasteiger partial charge is 0.274 e. The summed E-state index contributed by atoms with van der Waals surface area (Å²) in [5.74, 6) is 0.492. The predicted molar refractivity (Wildman–Crippen MR) is 158 cm³/mol. The van der Waals surface area contributed by atoms with Gasteiger partial charge in [0.05, 0.1) is 37.7 Å². The van der Waals surface area contributed by atoms with E-state index in [9.17, 15) is 14.7 Å². The van der Waals surface area contributed by atoms with E-state index >= 15 is 0 Å². The summed E-state index contributed by atoms with van der Waals surface area (Å²) >= 11 is 0. The second-order valence-electron chi connectivity index (χ2n) is 10.9. The molecule has 1 fully saturated rings. The van der Waals surface area contributed by atoms with Crippen LogP contribution in [-0.4, -0.2) is 56.5 Å². The number of benzene rings is 1. The number of rotatable bonds is 5. The van der Waals surface area contributed by atoms with Crippen LogP contribution in [0.2, 0.25) is 0 Å². The van der Waals surface area contributed by atoms with Crippen LogP contribution in [0.4, 0.5) is 17.2 Å². The molecule has 0 saturated carbocycles. The molecule has 10 heteroatoms. The van der Waals surface area contributed by atoms with Crippen molar-refractivity contribution >= 4 is 23.1 Å². The fourth-order valence-electron chi connectivity index (χ4n) is 5.93. The zero-order valence-electron chi connectivity index (χ0n) is 23.4. The highest BCUT2D eigenvalue weighted by Gasteiger charge is 2.32. The van der Waals surface area contributed by atoms with Crippen LogP contribution in [0.1, 0.15) is 36.9 Å². The molecule has 1 saturated heterocycles. The number of nitrogens with one attached hydrogen (secondary N) is 1. The zero-order valence-corrected chi connectivity index (χ0v) is 23.4. The van der Waals surface area contributed by atoms with Crippen LogP contribution < -0.4 is 15.8 Å². The molecule has 3 aliphatic heterocycles. The maximum absolute atomic E-state index is 13.9. The molecular formula is C31H36N6O4. The summed E-state index contributed by atoms with van der Waals surface area (Å²) < 4.78 is 8.91. The molecule has 6 rings (SSSR count). The number of aliphatic hydroxyl groups excluding tert-OH is 1. The molecule has 3 aromatic rings. The molecule has 0 bridgehead atoms. The van der Waals surface area contributed by atoms with E-state index in [0.717, 1.165) is 54.6 Å². The molecule has 3 aliphatic rings. The molecule has 0 radical (unpaired) electrons. The lowest BCUT2D eigenvalue weighted by Gasteiger charge is -2.38. The van der Waals surface area contributed by atoms with E-state index in [4.69, 9.17) is 4.74 Å². The summed E-state index contributed by atoms with van der Waals surface area (Å²) in [7, 11) is 1.70. The number of hydrogen-bond donors (Lipinski definition) is 2. The van der Waals surface area contributed by atoms with Gasteiger partial charge in [-0.2, -0.15) is 5.10 Å². The Morgan fingerprint density at radius 3 is 2.80 bits per heavy atom. The molecule has 0 atom stereocenters. The number of aryl methyl sites for hydroxylation is 1. The van der Waals surface area contributed by atoms with E-state index in [1.807, 2.05) is 35.0 Å². The van der Waals surface area contributed by atoms with E-state index in [-0.39, 0.29) is 18.1 Å². The highest BCUT2D eigenvalue weighted by molar-refractivity contribution is 6.07. The van der Waals surface area contributed by atoms with Crippen molar-refractivity contribution in [1.82, 2.24) is 19.2 Å². The zero-order chi connectivity index (χ0) is 28.5. The molecule has 0 aliphatic carbocycles. The van der Waals surface area contributed by atoms with Crippen molar-refractivity contribution in [3.8, 4) is 11.1 Å². The third-order valence-electron chi connectivity index (χ3n) is 8.08. The number of anilines is 3. The summed E-state index contributed by atoms with van der Waals surface area (Å²) in [4.78, 5) is 30.9. The number of carbonyl (C=O) groups excluding carboxylic acids is 1. The van der Waals surface area contributed by atoms with Crippen molar-refractivity contribution in [3.63, 3.8) is 0 Å². The average Bonchev–Trinajstić information content (AvgIpc) is 3.41. The predicted octanol–water partition coefficient (Wildman–Crippen LogP) is 3.68. The van der Waals surface area contributed by atoms with Crippen LogP contribution in [0.3, 0.4) is 0 Å². The normalized spacial score (nSPS) is 19.0. The Morgan fingerprint density at radius 1 is 1.10 bits per heavy atom. The Morgan fingerprint density at radius 2 is 1.98 bits per heavy atom. The number of pyridine rings is 1. The lowest BCUT2D eigenvalue weighted by Crippen LogP contribution is -2.49. The SMILES string of the molecule is C=C1/C=C2/C(=O)N(c3cccc(-c4cc(Nc5cc6n(n5)CCOC6)c(=O)n(C)c4)c3CO)CCN2CCCCC1. The topological polar surface area (TPSA) is 105 Å². The van der Waals surface area contributed by atoms with Crippen LogP contribution in [0.5, 0.6) is 0 Å². The second-order valence-corrected chi connectivity index (χ2v) is 10.9. The highest BCUT2D eigenvalue weighted by Crippen LogP contribution is 2.35. The van der Waals surface area contributed by atoms with Gasteiger partial charge >= 0.3 is 0 Å². The van der Waals surface area contributed by atoms with Gasteiger partial charge in [0, 0.05) is 50.1 Å². The van der Waals surface area contributed by atoms with E-state index < -0.39 is 0 Å². The number of hydrogen-bond acceptors (Lipinski definition) is 7. The van der Waals surface area contributed by atoms with E-state index in [2.05, 4.69) is 21.9 Å². The van der Waals surface area contributed by atoms with Gasteiger partial charge < -0.3 is 29.5 Å². The molecule has 0 unspecified atom stereocenters. The van der Waals surface area contributed by atoms with Gasteiger partial charge in [0.2, 0.25) is 0 Å². The summed E-state index contributed by atoms with van der Waals surface area (Å²) in [5.41, 5.74) is 5.56. The highest BCUT2D eigenvalue weighted by atomic mass is 16.5. The Balaban J connectivity index is 1.35. The second kappa shape index (κ2) is 11.4. The first-order valence-electron chi connectivity index (χ1n) is 14.2. The number of nitrogens with zero attached hydrogens (tertiary/aromatic N) is 5. The van der Waals surface area contributed by atoms with Crippen molar-refractivity contribution in [1.29, 1.82) is 0 Å². The number of aliphatic hydroxyl groups is 1. The number of piperazine rings is 1. The van der Waals surface area contributed by atoms with Crippen LogP contribution in [-0.2, 0) is 36.3 Å². The van der Waals surface area contributed by atoms with Crippen LogP contribution in [0, 0.1) is 0 Å². The Bertz CT molecular complexity index is 1560. The van der Waals surface area contributed by atoms with Gasteiger partial charge in [-0.1, -0.05) is 30.7 Å². The van der Waals surface area contributed by atoms with Gasteiger partial charge in [-0.3, -0.25) is 14.3 Å². The van der Waals surface area contributed by atoms with Crippen molar-refractivity contribution in [3.05, 3.63) is 82.1 Å². The average molecular weight is 557 g/mol. The first-order valence-corrected chi connectivity index (χ1v) is 14.2. The third kappa shape index (κ3) is 5.32. The fourth-order valence-corrected chi connectivity index (χ4v) is 5.93. The largest absolute Gasteiger partial charge is 0.392 e. The van der Waals surface area contributed by atoms with Crippen LogP contribution in [0.25, 0.3) is 11.1 Å². The van der Waals surface area contributed by atoms with Crippen molar-refractivity contribution in [2.24, 2.45) is 7.05 Å². The monoisotopic (exact) mass is 556 g/mol. The first-order chi connectivity index (χ1) is 19.9. The van der Waals surface area contributed by atoms with Crippen molar-refractivity contribution in [2.45, 2.75) is 45.4 Å². The van der Waals surface area contributed by atoms with Gasteiger partial charge in [-0.25, -0.2) is 0 Å². The van der Waals surface area contributed by atoms with Gasteiger partial charge in [0.1, 0.15) is 11.4 Å². The summed E-state index contributed by atoms with van der Waals surface area (Å²) in [6, 6.07) is 9.35. The molecule has 214 valence electrons. The summed E-state index contributed by atoms with van der Waals surface area (Å²) in [5, 5.41) is 18.4. The molecule has 1 aromatic carbocycles. The van der Waals surface area contributed by atoms with Gasteiger partial charge in [-0.15, -0.1) is 0 Å². The molecule has 2 aromatic heterocycles. The lowest BCUT2D eigenvalue weighted by atomic mass is 9.98. The van der Waals surface area contributed by atoms with Crippen LogP contribution in [0.15, 0.2) is 65.2 Å². The lowest BCUT2D eigenvalue weighted by molar-refractivity contribution is -0.117. The number of aromatic nitrogens is 3. The Kier molecular flexibility index (Phi) is 7.51. The fraction of sp³-hybridized carbons (Fsp3) is 0.387. The number of fused-ring (bicyclic) bond motifs is 2. The van der Waals surface area contributed by atoms with E-state index in [0.29, 0.717) is 61.3 Å². The maximum Gasteiger partial charge on any atom is 0.274 e. The minimum absolute atomic E-state index is 0.0818. The van der Waals surface area contributed by atoms with Crippen LogP contribution >= 0.6 is 0 Å². The van der Waals surface area contributed by atoms with E-state index in [1.54, 1.807) is 24.2 Å². The molecule has 0 spiro atoms. The summed E-state index contributed by atoms with van der Waals surface area (Å²) in [6.45, 7) is 7.77. The molecule has 5 heterocycles. The first kappa shape index (κ1) is 27.0. The minimum atomic E-state index is -0.260. The number of carbonyl (C=O) groups is 1. The van der Waals surface area contributed by atoms with Crippen molar-refractivity contribution < 1.29 is 14.6 Å². The minimum Gasteiger partial charge on any atom is -0.392 e. The quantitative estimate of drug-likeness (QED) is 0.494. The third-order valence-corrected chi connectivity index (χ3v) is 8.08. The number of ether oxygens (including phenoxy) is 1. The number of amides is 1. The molecule has 2 N–H and O–H groups in total. The standard InChI is InChI=1S/C31H36N6O4/c1-21-7-4-3-5-10-35-11-12-36(31(40)28(35)15-21)27-9-6-8-24(25(27)19-38)22-16-26(30(39)34(2)18-22)32-29-17-23-20-41-14-13-37(23)33-29/h6,8-9,15-18,38H,1,3-5,7,10-14,19-20H2,2H3,(H,32,33)/b28-15-. The van der Waals surface area contributed by atoms with Gasteiger partial charge in [0.25, 0.3) is 11.5 Å². The van der Waals surface area contributed by atoms with Gasteiger partial charge in [-0.05, 0) is 43.0 Å².